The first kappa shape index (κ1) is 15.2. The van der Waals surface area contributed by atoms with E-state index in [2.05, 4.69) is 0 Å². The van der Waals surface area contributed by atoms with Crippen LogP contribution in [0.5, 0.6) is 5.75 Å². The third-order valence-electron chi connectivity index (χ3n) is 3.42. The highest BCUT2D eigenvalue weighted by atomic mass is 32.2. The number of hydrogen-bond donors (Lipinski definition) is 0. The number of benzene rings is 1. The maximum atomic E-state index is 13.1. The Balaban J connectivity index is 1.82. The summed E-state index contributed by atoms with van der Waals surface area (Å²) in [5.41, 5.74) is 0. The van der Waals surface area contributed by atoms with Gasteiger partial charge in [0.15, 0.2) is 0 Å². The fourth-order valence-corrected chi connectivity index (χ4v) is 2.84. The zero-order chi connectivity index (χ0) is 14.4. The van der Waals surface area contributed by atoms with Crippen LogP contribution in [0.15, 0.2) is 24.3 Å². The van der Waals surface area contributed by atoms with Crippen molar-refractivity contribution in [3.63, 3.8) is 0 Å². The van der Waals surface area contributed by atoms with Crippen LogP contribution in [-0.2, 0) is 4.79 Å². The Morgan fingerprint density at radius 2 is 2.40 bits per heavy atom. The van der Waals surface area contributed by atoms with Crippen molar-refractivity contribution in [1.29, 1.82) is 0 Å². The summed E-state index contributed by atoms with van der Waals surface area (Å²) in [7, 11) is 0. The van der Waals surface area contributed by atoms with Crippen molar-refractivity contribution in [2.24, 2.45) is 5.92 Å². The summed E-state index contributed by atoms with van der Waals surface area (Å²) in [6.07, 6.45) is 4.00. The molecule has 0 saturated carbocycles. The van der Waals surface area contributed by atoms with Gasteiger partial charge in [-0.15, -0.1) is 0 Å². The monoisotopic (exact) mass is 297 g/mol. The highest BCUT2D eigenvalue weighted by Crippen LogP contribution is 2.20. The zero-order valence-corrected chi connectivity index (χ0v) is 12.5. The molecule has 1 aromatic rings. The minimum Gasteiger partial charge on any atom is -0.493 e. The van der Waals surface area contributed by atoms with Gasteiger partial charge in [-0.05, 0) is 31.2 Å². The van der Waals surface area contributed by atoms with Gasteiger partial charge in [0.2, 0.25) is 5.91 Å². The molecule has 1 atom stereocenters. The van der Waals surface area contributed by atoms with Gasteiger partial charge in [0, 0.05) is 25.1 Å². The number of thioether (sulfide) groups is 1. The number of nitrogens with zero attached hydrogens (tertiary/aromatic N) is 1. The predicted octanol–water partition coefficient (Wildman–Crippen LogP) is 2.81. The average Bonchev–Trinajstić information content (AvgIpc) is 2.46. The van der Waals surface area contributed by atoms with E-state index in [1.54, 1.807) is 23.9 Å². The number of carbonyl (C=O) groups excluding carboxylic acids is 1. The quantitative estimate of drug-likeness (QED) is 0.837. The number of ether oxygens (including phenoxy) is 1. The molecule has 0 aliphatic carbocycles. The number of hydrogen-bond acceptors (Lipinski definition) is 3. The third kappa shape index (κ3) is 4.40. The lowest BCUT2D eigenvalue weighted by Crippen LogP contribution is -2.42. The molecule has 1 aliphatic heterocycles. The van der Waals surface area contributed by atoms with Gasteiger partial charge in [-0.2, -0.15) is 11.8 Å². The molecule has 0 aromatic heterocycles. The Labute approximate surface area is 123 Å². The number of rotatable bonds is 5. The average molecular weight is 297 g/mol. The minimum atomic E-state index is -0.289. The van der Waals surface area contributed by atoms with Crippen molar-refractivity contribution in [2.45, 2.75) is 12.8 Å². The minimum absolute atomic E-state index is 0.202. The molecule has 1 saturated heterocycles. The molecule has 3 nitrogen and oxygen atoms in total. The first-order chi connectivity index (χ1) is 9.69. The van der Waals surface area contributed by atoms with E-state index in [0.29, 0.717) is 24.0 Å². The van der Waals surface area contributed by atoms with E-state index >= 15 is 0 Å². The second-order valence-electron chi connectivity index (χ2n) is 5.05. The van der Waals surface area contributed by atoms with E-state index in [4.69, 9.17) is 4.74 Å². The van der Waals surface area contributed by atoms with Crippen LogP contribution in [0.1, 0.15) is 12.8 Å². The molecule has 1 aromatic carbocycles. The summed E-state index contributed by atoms with van der Waals surface area (Å²) in [5, 5.41) is 0. The highest BCUT2D eigenvalue weighted by molar-refractivity contribution is 7.99. The van der Waals surface area contributed by atoms with Gasteiger partial charge in [0.05, 0.1) is 12.4 Å². The molecule has 1 heterocycles. The van der Waals surface area contributed by atoms with Gasteiger partial charge in [-0.3, -0.25) is 4.79 Å². The molecule has 0 spiro atoms. The molecule has 110 valence electrons. The van der Waals surface area contributed by atoms with Gasteiger partial charge < -0.3 is 9.64 Å². The van der Waals surface area contributed by atoms with Crippen LogP contribution in [0.2, 0.25) is 0 Å². The van der Waals surface area contributed by atoms with Crippen molar-refractivity contribution in [3.05, 3.63) is 30.1 Å². The lowest BCUT2D eigenvalue weighted by molar-refractivity contribution is -0.130. The molecule has 0 bridgehead atoms. The number of piperidine rings is 1. The van der Waals surface area contributed by atoms with E-state index in [1.165, 1.54) is 12.1 Å². The Kier molecular flexibility index (Phi) is 5.71. The Bertz CT molecular complexity index is 455. The molecule has 1 amide bonds. The lowest BCUT2D eigenvalue weighted by Gasteiger charge is -2.32. The standard InChI is InChI=1S/C15H20FNO2S/c1-20-11-15(18)17-7-3-4-12(9-17)10-19-14-6-2-5-13(16)8-14/h2,5-6,8,12H,3-4,7,9-11H2,1H3/t12-/m0/s1. The summed E-state index contributed by atoms with van der Waals surface area (Å²) in [5.74, 6) is 1.34. The maximum Gasteiger partial charge on any atom is 0.232 e. The van der Waals surface area contributed by atoms with Crippen molar-refractivity contribution in [3.8, 4) is 5.75 Å². The number of halogens is 1. The Hall–Kier alpha value is -1.23. The number of likely N-dealkylation sites (tertiary alicyclic amines) is 1. The van der Waals surface area contributed by atoms with E-state index in [0.717, 1.165) is 25.9 Å². The third-order valence-corrected chi connectivity index (χ3v) is 3.96. The molecule has 0 unspecified atom stereocenters. The molecular weight excluding hydrogens is 277 g/mol. The summed E-state index contributed by atoms with van der Waals surface area (Å²) >= 11 is 1.55. The fraction of sp³-hybridized carbons (Fsp3) is 0.533. The van der Waals surface area contributed by atoms with Gasteiger partial charge in [0.1, 0.15) is 11.6 Å². The smallest absolute Gasteiger partial charge is 0.232 e. The Morgan fingerprint density at radius 1 is 1.55 bits per heavy atom. The molecular formula is C15H20FNO2S. The van der Waals surface area contributed by atoms with Gasteiger partial charge in [0.25, 0.3) is 0 Å². The van der Waals surface area contributed by atoms with Gasteiger partial charge in [-0.1, -0.05) is 6.07 Å². The van der Waals surface area contributed by atoms with Crippen molar-refractivity contribution >= 4 is 17.7 Å². The first-order valence-corrected chi connectivity index (χ1v) is 8.23. The van der Waals surface area contributed by atoms with Crippen LogP contribution in [0, 0.1) is 11.7 Å². The summed E-state index contributed by atoms with van der Waals surface area (Å²) < 4.78 is 18.7. The highest BCUT2D eigenvalue weighted by Gasteiger charge is 2.23. The van der Waals surface area contributed by atoms with Gasteiger partial charge in [-0.25, -0.2) is 4.39 Å². The SMILES string of the molecule is CSCC(=O)N1CCC[C@H](COc2cccc(F)c2)C1. The Morgan fingerprint density at radius 3 is 3.15 bits per heavy atom. The van der Waals surface area contributed by atoms with Crippen molar-refractivity contribution in [2.75, 3.05) is 31.7 Å². The predicted molar refractivity (Wildman–Crippen MR) is 79.6 cm³/mol. The molecule has 1 fully saturated rings. The summed E-state index contributed by atoms with van der Waals surface area (Å²) in [4.78, 5) is 13.8. The molecule has 2 rings (SSSR count). The molecule has 1 aliphatic rings. The zero-order valence-electron chi connectivity index (χ0n) is 11.7. The molecule has 20 heavy (non-hydrogen) atoms. The van der Waals surface area contributed by atoms with E-state index in [9.17, 15) is 9.18 Å². The maximum absolute atomic E-state index is 13.1. The number of amides is 1. The van der Waals surface area contributed by atoms with E-state index in [1.807, 2.05) is 11.2 Å². The van der Waals surface area contributed by atoms with Crippen LogP contribution in [-0.4, -0.2) is 42.5 Å². The van der Waals surface area contributed by atoms with E-state index in [-0.39, 0.29) is 11.7 Å². The summed E-state index contributed by atoms with van der Waals surface area (Å²) in [6.45, 7) is 2.12. The van der Waals surface area contributed by atoms with Crippen molar-refractivity contribution in [1.82, 2.24) is 4.90 Å². The van der Waals surface area contributed by atoms with Crippen LogP contribution in [0.25, 0.3) is 0 Å². The van der Waals surface area contributed by atoms with Gasteiger partial charge >= 0.3 is 0 Å². The molecule has 5 heteroatoms. The van der Waals surface area contributed by atoms with Crippen LogP contribution in [0.3, 0.4) is 0 Å². The second kappa shape index (κ2) is 7.53. The fourth-order valence-electron chi connectivity index (χ4n) is 2.41. The second-order valence-corrected chi connectivity index (χ2v) is 5.92. The van der Waals surface area contributed by atoms with Crippen LogP contribution >= 0.6 is 11.8 Å². The van der Waals surface area contributed by atoms with Crippen LogP contribution in [0.4, 0.5) is 4.39 Å². The largest absolute Gasteiger partial charge is 0.493 e. The normalized spacial score (nSPS) is 18.9. The first-order valence-electron chi connectivity index (χ1n) is 6.84. The van der Waals surface area contributed by atoms with Crippen LogP contribution < -0.4 is 4.74 Å². The molecule has 0 N–H and O–H groups in total. The molecule has 0 radical (unpaired) electrons. The topological polar surface area (TPSA) is 29.5 Å². The lowest BCUT2D eigenvalue weighted by atomic mass is 9.99. The summed E-state index contributed by atoms with van der Waals surface area (Å²) in [6, 6.07) is 6.18. The van der Waals surface area contributed by atoms with Crippen molar-refractivity contribution < 1.29 is 13.9 Å². The number of carbonyl (C=O) groups is 1. The van der Waals surface area contributed by atoms with E-state index < -0.39 is 0 Å².